The predicted molar refractivity (Wildman–Crippen MR) is 93.1 cm³/mol. The number of rotatable bonds is 4. The minimum atomic E-state index is -0.576. The summed E-state index contributed by atoms with van der Waals surface area (Å²) < 4.78 is 0. The van der Waals surface area contributed by atoms with Crippen LogP contribution in [0.15, 0.2) is 48.7 Å². The molecule has 0 spiro atoms. The van der Waals surface area contributed by atoms with Crippen molar-refractivity contribution in [3.63, 3.8) is 0 Å². The van der Waals surface area contributed by atoms with Gasteiger partial charge in [0.2, 0.25) is 5.91 Å². The van der Waals surface area contributed by atoms with Crippen molar-refractivity contribution in [2.45, 2.75) is 18.3 Å². The number of hydrogen-bond donors (Lipinski definition) is 2. The third-order valence-corrected chi connectivity index (χ3v) is 4.82. The molecule has 6 nitrogen and oxygen atoms in total. The van der Waals surface area contributed by atoms with E-state index in [4.69, 9.17) is 5.73 Å². The fourth-order valence-corrected chi connectivity index (χ4v) is 3.38. The summed E-state index contributed by atoms with van der Waals surface area (Å²) in [5, 5.41) is 10.1. The first-order valence-corrected chi connectivity index (χ1v) is 8.27. The molecule has 1 aromatic heterocycles. The second-order valence-corrected chi connectivity index (χ2v) is 6.43. The quantitative estimate of drug-likeness (QED) is 0.879. The number of nitrogens with two attached hydrogens (primary N) is 1. The zero-order valence-electron chi connectivity index (χ0n) is 13.9. The normalized spacial score (nSPS) is 20.3. The molecule has 1 fully saturated rings. The summed E-state index contributed by atoms with van der Waals surface area (Å²) in [4.78, 5) is 29.7. The van der Waals surface area contributed by atoms with Crippen molar-refractivity contribution in [3.05, 3.63) is 65.5 Å². The number of piperidine rings is 1. The molecule has 1 aliphatic heterocycles. The van der Waals surface area contributed by atoms with E-state index in [0.717, 1.165) is 18.4 Å². The van der Waals surface area contributed by atoms with Crippen LogP contribution in [0.3, 0.4) is 0 Å². The van der Waals surface area contributed by atoms with Gasteiger partial charge in [0.1, 0.15) is 5.69 Å². The highest BCUT2D eigenvalue weighted by Gasteiger charge is 2.38. The summed E-state index contributed by atoms with van der Waals surface area (Å²) >= 11 is 0. The minimum absolute atomic E-state index is 0.0190. The molecule has 3 N–H and O–H groups in total. The number of benzene rings is 1. The van der Waals surface area contributed by atoms with Crippen LogP contribution in [0.2, 0.25) is 0 Å². The maximum atomic E-state index is 12.8. The van der Waals surface area contributed by atoms with E-state index < -0.39 is 11.3 Å². The molecule has 2 heterocycles. The number of carbonyl (C=O) groups is 2. The average molecular weight is 339 g/mol. The largest absolute Gasteiger partial charge is 0.395 e. The monoisotopic (exact) mass is 339 g/mol. The number of aromatic nitrogens is 1. The predicted octanol–water partition coefficient (Wildman–Crippen LogP) is 1.35. The Kier molecular flexibility index (Phi) is 4.81. The molecule has 0 saturated carbocycles. The lowest BCUT2D eigenvalue weighted by Gasteiger charge is -2.42. The van der Waals surface area contributed by atoms with Crippen molar-refractivity contribution >= 4 is 11.8 Å². The van der Waals surface area contributed by atoms with Crippen molar-refractivity contribution < 1.29 is 14.7 Å². The molecule has 130 valence electrons. The van der Waals surface area contributed by atoms with E-state index in [1.54, 1.807) is 4.90 Å². The van der Waals surface area contributed by atoms with Crippen LogP contribution in [0.25, 0.3) is 0 Å². The number of amides is 2. The van der Waals surface area contributed by atoms with Gasteiger partial charge in [0, 0.05) is 24.7 Å². The maximum Gasteiger partial charge on any atom is 0.272 e. The molecule has 25 heavy (non-hydrogen) atoms. The number of aliphatic hydroxyl groups is 1. The highest BCUT2D eigenvalue weighted by atomic mass is 16.3. The first-order valence-electron chi connectivity index (χ1n) is 8.27. The van der Waals surface area contributed by atoms with Crippen molar-refractivity contribution in [2.75, 3.05) is 19.7 Å². The molecule has 2 amide bonds. The Labute approximate surface area is 146 Å². The Balaban J connectivity index is 1.82. The molecule has 0 radical (unpaired) electrons. The second-order valence-electron chi connectivity index (χ2n) is 6.43. The number of hydrogen-bond acceptors (Lipinski definition) is 4. The van der Waals surface area contributed by atoms with E-state index in [1.807, 2.05) is 30.3 Å². The lowest BCUT2D eigenvalue weighted by Crippen LogP contribution is -2.50. The van der Waals surface area contributed by atoms with Gasteiger partial charge in [-0.25, -0.2) is 0 Å². The summed E-state index contributed by atoms with van der Waals surface area (Å²) in [7, 11) is 0. The molecule has 0 aliphatic carbocycles. The number of pyridine rings is 1. The zero-order chi connectivity index (χ0) is 17.9. The van der Waals surface area contributed by atoms with Crippen LogP contribution < -0.4 is 5.73 Å². The van der Waals surface area contributed by atoms with Gasteiger partial charge in [-0.2, -0.15) is 0 Å². The van der Waals surface area contributed by atoms with E-state index in [2.05, 4.69) is 4.98 Å². The Bertz CT molecular complexity index is 761. The maximum absolute atomic E-state index is 12.8. The van der Waals surface area contributed by atoms with Gasteiger partial charge in [0.25, 0.3) is 5.91 Å². The van der Waals surface area contributed by atoms with Crippen LogP contribution in [-0.2, 0) is 5.41 Å². The lowest BCUT2D eigenvalue weighted by atomic mass is 9.74. The van der Waals surface area contributed by atoms with Crippen LogP contribution in [0.4, 0.5) is 0 Å². The third kappa shape index (κ3) is 3.39. The Morgan fingerprint density at radius 2 is 1.96 bits per heavy atom. The van der Waals surface area contributed by atoms with Crippen LogP contribution in [0.1, 0.15) is 39.3 Å². The van der Waals surface area contributed by atoms with Crippen molar-refractivity contribution in [1.82, 2.24) is 9.88 Å². The first-order chi connectivity index (χ1) is 12.1. The number of primary amides is 1. The molecule has 6 heteroatoms. The van der Waals surface area contributed by atoms with Crippen LogP contribution >= 0.6 is 0 Å². The van der Waals surface area contributed by atoms with Crippen LogP contribution in [0.5, 0.6) is 0 Å². The van der Waals surface area contributed by atoms with Gasteiger partial charge in [-0.15, -0.1) is 0 Å². The molecule has 1 aromatic carbocycles. The highest BCUT2D eigenvalue weighted by Crippen LogP contribution is 2.34. The molecule has 1 saturated heterocycles. The Morgan fingerprint density at radius 3 is 2.56 bits per heavy atom. The molecular formula is C19H21N3O3. The lowest BCUT2D eigenvalue weighted by molar-refractivity contribution is 0.0537. The van der Waals surface area contributed by atoms with Gasteiger partial charge in [-0.3, -0.25) is 14.6 Å². The molecule has 3 rings (SSSR count). The van der Waals surface area contributed by atoms with E-state index in [9.17, 15) is 14.7 Å². The summed E-state index contributed by atoms with van der Waals surface area (Å²) in [6.45, 7) is 1.03. The van der Waals surface area contributed by atoms with Gasteiger partial charge in [-0.05, 0) is 30.5 Å². The van der Waals surface area contributed by atoms with Gasteiger partial charge in [0.15, 0.2) is 0 Å². The van der Waals surface area contributed by atoms with E-state index in [-0.39, 0.29) is 23.8 Å². The van der Waals surface area contributed by atoms with Gasteiger partial charge >= 0.3 is 0 Å². The molecular weight excluding hydrogens is 318 g/mol. The summed E-state index contributed by atoms with van der Waals surface area (Å²) in [6, 6.07) is 12.8. The Morgan fingerprint density at radius 1 is 1.20 bits per heavy atom. The third-order valence-electron chi connectivity index (χ3n) is 4.82. The molecule has 1 unspecified atom stereocenters. The number of nitrogens with zero attached hydrogens (tertiary/aromatic N) is 2. The molecule has 2 aromatic rings. The Hall–Kier alpha value is -2.73. The number of aliphatic hydroxyl groups excluding tert-OH is 1. The molecule has 0 bridgehead atoms. The van der Waals surface area contributed by atoms with Gasteiger partial charge < -0.3 is 15.7 Å². The van der Waals surface area contributed by atoms with E-state index >= 15 is 0 Å². The fourth-order valence-electron chi connectivity index (χ4n) is 3.38. The first kappa shape index (κ1) is 17.1. The van der Waals surface area contributed by atoms with E-state index in [0.29, 0.717) is 13.1 Å². The van der Waals surface area contributed by atoms with E-state index in [1.165, 1.54) is 18.3 Å². The summed E-state index contributed by atoms with van der Waals surface area (Å²) in [5.74, 6) is -0.780. The van der Waals surface area contributed by atoms with Crippen molar-refractivity contribution in [1.29, 1.82) is 0 Å². The topological polar surface area (TPSA) is 96.5 Å². The standard InChI is InChI=1S/C19H21N3O3/c20-17(24)14-7-8-16(21-11-14)18(25)22-10-4-9-19(12-22,13-23)15-5-2-1-3-6-15/h1-3,5-8,11,23H,4,9-10,12-13H2,(H2,20,24). The highest BCUT2D eigenvalue weighted by molar-refractivity contribution is 5.95. The number of carbonyl (C=O) groups excluding carboxylic acids is 2. The minimum Gasteiger partial charge on any atom is -0.395 e. The second kappa shape index (κ2) is 7.03. The van der Waals surface area contributed by atoms with Gasteiger partial charge in [0.05, 0.1) is 12.2 Å². The van der Waals surface area contributed by atoms with Crippen LogP contribution in [0, 0.1) is 0 Å². The van der Waals surface area contributed by atoms with Gasteiger partial charge in [-0.1, -0.05) is 30.3 Å². The zero-order valence-corrected chi connectivity index (χ0v) is 13.9. The molecule has 1 atom stereocenters. The fraction of sp³-hybridized carbons (Fsp3) is 0.316. The molecule has 1 aliphatic rings. The summed E-state index contributed by atoms with van der Waals surface area (Å²) in [6.07, 6.45) is 2.95. The summed E-state index contributed by atoms with van der Waals surface area (Å²) in [5.41, 5.74) is 6.31. The van der Waals surface area contributed by atoms with Crippen LogP contribution in [-0.4, -0.2) is 46.5 Å². The average Bonchev–Trinajstić information content (AvgIpc) is 2.68. The number of likely N-dealkylation sites (tertiary alicyclic amines) is 1. The SMILES string of the molecule is NC(=O)c1ccc(C(=O)N2CCCC(CO)(c3ccccc3)C2)nc1. The van der Waals surface area contributed by atoms with Crippen molar-refractivity contribution in [2.24, 2.45) is 5.73 Å². The van der Waals surface area contributed by atoms with Crippen molar-refractivity contribution in [3.8, 4) is 0 Å². The smallest absolute Gasteiger partial charge is 0.272 e.